The predicted molar refractivity (Wildman–Crippen MR) is 129 cm³/mol. The molecule has 10 heteroatoms. The standard InChI is InChI=1S/C24H30N8O2/c1-14(2)30(5)21-9-16-17(19(27-21)10-25-4)11-31(24(16)33)20-8-6-7-18(26-20)23-29-28-22-13-34-12-15(3)32(22)23/h6-9,14-15,25H,10-13H2,1-5H3. The number of carbonyl (C=O) groups excluding carboxylic acids is 1. The van der Waals surface area contributed by atoms with E-state index in [1.807, 2.05) is 38.4 Å². The third kappa shape index (κ3) is 3.72. The van der Waals surface area contributed by atoms with E-state index in [-0.39, 0.29) is 18.0 Å². The van der Waals surface area contributed by atoms with Crippen LogP contribution in [0.3, 0.4) is 0 Å². The number of carbonyl (C=O) groups is 1. The van der Waals surface area contributed by atoms with Crippen molar-refractivity contribution in [3.05, 3.63) is 46.9 Å². The summed E-state index contributed by atoms with van der Waals surface area (Å²) in [5.41, 5.74) is 3.19. The van der Waals surface area contributed by atoms with Crippen LogP contribution in [-0.4, -0.2) is 57.4 Å². The number of anilines is 2. The number of rotatable bonds is 6. The van der Waals surface area contributed by atoms with E-state index in [2.05, 4.69) is 45.8 Å². The quantitative estimate of drug-likeness (QED) is 0.596. The van der Waals surface area contributed by atoms with Gasteiger partial charge in [0.1, 0.15) is 23.9 Å². The predicted octanol–water partition coefficient (Wildman–Crippen LogP) is 2.55. The molecule has 3 aromatic rings. The van der Waals surface area contributed by atoms with Gasteiger partial charge in [0.15, 0.2) is 11.6 Å². The van der Waals surface area contributed by atoms with Crippen LogP contribution in [0.25, 0.3) is 11.5 Å². The number of hydrogen-bond donors (Lipinski definition) is 1. The van der Waals surface area contributed by atoms with E-state index < -0.39 is 0 Å². The summed E-state index contributed by atoms with van der Waals surface area (Å²) in [5.74, 6) is 2.79. The average Bonchev–Trinajstić information content (AvgIpc) is 3.41. The molecule has 2 aliphatic rings. The number of nitrogens with one attached hydrogen (secondary N) is 1. The van der Waals surface area contributed by atoms with Crippen molar-refractivity contribution in [3.63, 3.8) is 0 Å². The molecule has 0 radical (unpaired) electrons. The highest BCUT2D eigenvalue weighted by Crippen LogP contribution is 2.33. The summed E-state index contributed by atoms with van der Waals surface area (Å²) in [7, 11) is 3.88. The zero-order chi connectivity index (χ0) is 24.0. The van der Waals surface area contributed by atoms with Crippen molar-refractivity contribution >= 4 is 17.5 Å². The van der Waals surface area contributed by atoms with Gasteiger partial charge in [0.05, 0.1) is 30.5 Å². The summed E-state index contributed by atoms with van der Waals surface area (Å²) < 4.78 is 7.64. The first kappa shape index (κ1) is 22.4. The van der Waals surface area contributed by atoms with Crippen LogP contribution in [0.2, 0.25) is 0 Å². The number of amides is 1. The van der Waals surface area contributed by atoms with Gasteiger partial charge >= 0.3 is 0 Å². The molecule has 0 saturated carbocycles. The van der Waals surface area contributed by atoms with E-state index in [0.717, 1.165) is 22.9 Å². The van der Waals surface area contributed by atoms with Gasteiger partial charge in [0.25, 0.3) is 5.91 Å². The molecule has 0 spiro atoms. The van der Waals surface area contributed by atoms with Crippen molar-refractivity contribution < 1.29 is 9.53 Å². The van der Waals surface area contributed by atoms with Gasteiger partial charge in [-0.1, -0.05) is 6.07 Å². The number of pyridine rings is 2. The van der Waals surface area contributed by atoms with Crippen molar-refractivity contribution in [3.8, 4) is 11.5 Å². The number of hydrogen-bond acceptors (Lipinski definition) is 8. The highest BCUT2D eigenvalue weighted by Gasteiger charge is 2.33. The first-order valence-corrected chi connectivity index (χ1v) is 11.6. The first-order chi connectivity index (χ1) is 16.4. The van der Waals surface area contributed by atoms with Crippen LogP contribution in [0.1, 0.15) is 54.3 Å². The molecule has 1 atom stereocenters. The zero-order valence-electron chi connectivity index (χ0n) is 20.2. The Kier molecular flexibility index (Phi) is 5.78. The molecule has 5 heterocycles. The minimum absolute atomic E-state index is 0.0668. The lowest BCUT2D eigenvalue weighted by molar-refractivity contribution is 0.0609. The molecule has 178 valence electrons. The van der Waals surface area contributed by atoms with Crippen LogP contribution in [0.4, 0.5) is 11.6 Å². The molecule has 1 N–H and O–H groups in total. The Bertz CT molecular complexity index is 1240. The van der Waals surface area contributed by atoms with E-state index in [9.17, 15) is 4.79 Å². The van der Waals surface area contributed by atoms with Gasteiger partial charge in [-0.3, -0.25) is 9.69 Å². The topological polar surface area (TPSA) is 101 Å². The van der Waals surface area contributed by atoms with E-state index in [0.29, 0.717) is 49.2 Å². The minimum atomic E-state index is -0.0668. The van der Waals surface area contributed by atoms with E-state index in [1.54, 1.807) is 4.90 Å². The molecule has 1 unspecified atom stereocenters. The molecule has 5 rings (SSSR count). The maximum atomic E-state index is 13.6. The minimum Gasteiger partial charge on any atom is -0.371 e. The fourth-order valence-corrected chi connectivity index (χ4v) is 4.45. The van der Waals surface area contributed by atoms with Crippen LogP contribution in [0, 0.1) is 0 Å². The third-order valence-corrected chi connectivity index (χ3v) is 6.51. The second-order valence-electron chi connectivity index (χ2n) is 9.13. The molecule has 0 aromatic carbocycles. The molecule has 10 nitrogen and oxygen atoms in total. The smallest absolute Gasteiger partial charge is 0.260 e. The van der Waals surface area contributed by atoms with Gasteiger partial charge in [0, 0.05) is 25.2 Å². The third-order valence-electron chi connectivity index (χ3n) is 6.51. The molecule has 1 amide bonds. The van der Waals surface area contributed by atoms with Gasteiger partial charge in [-0.2, -0.15) is 0 Å². The van der Waals surface area contributed by atoms with Crippen molar-refractivity contribution in [1.82, 2.24) is 30.0 Å². The molecule has 2 aliphatic heterocycles. The normalized spacial score (nSPS) is 17.3. The Morgan fingerprint density at radius 3 is 2.85 bits per heavy atom. The molecule has 3 aromatic heterocycles. The lowest BCUT2D eigenvalue weighted by atomic mass is 10.1. The van der Waals surface area contributed by atoms with Crippen LogP contribution in [0.15, 0.2) is 24.3 Å². The molecular formula is C24H30N8O2. The van der Waals surface area contributed by atoms with Crippen molar-refractivity contribution in [2.45, 2.75) is 52.6 Å². The number of ether oxygens (including phenoxy) is 1. The van der Waals surface area contributed by atoms with E-state index in [4.69, 9.17) is 14.7 Å². The molecular weight excluding hydrogens is 432 g/mol. The summed E-state index contributed by atoms with van der Waals surface area (Å²) in [6.45, 7) is 8.34. The lowest BCUT2D eigenvalue weighted by Gasteiger charge is -2.24. The largest absolute Gasteiger partial charge is 0.371 e. The summed E-state index contributed by atoms with van der Waals surface area (Å²) in [6.07, 6.45) is 0. The molecule has 34 heavy (non-hydrogen) atoms. The second-order valence-corrected chi connectivity index (χ2v) is 9.13. The summed E-state index contributed by atoms with van der Waals surface area (Å²) in [5, 5.41) is 11.8. The van der Waals surface area contributed by atoms with Crippen LogP contribution >= 0.6 is 0 Å². The van der Waals surface area contributed by atoms with Crippen molar-refractivity contribution in [1.29, 1.82) is 0 Å². The second kappa shape index (κ2) is 8.77. The van der Waals surface area contributed by atoms with Gasteiger partial charge in [0.2, 0.25) is 0 Å². The molecule has 0 saturated heterocycles. The SMILES string of the molecule is CNCc1nc(N(C)C(C)C)cc2c1CN(c1cccc(-c3nnc4n3C(C)COC4)n1)C2=O. The van der Waals surface area contributed by atoms with Crippen molar-refractivity contribution in [2.24, 2.45) is 0 Å². The van der Waals surface area contributed by atoms with E-state index >= 15 is 0 Å². The fourth-order valence-electron chi connectivity index (χ4n) is 4.45. The number of aromatic nitrogens is 5. The van der Waals surface area contributed by atoms with Gasteiger partial charge in [-0.25, -0.2) is 9.97 Å². The van der Waals surface area contributed by atoms with Gasteiger partial charge in [-0.15, -0.1) is 10.2 Å². The van der Waals surface area contributed by atoms with Crippen LogP contribution in [0.5, 0.6) is 0 Å². The first-order valence-electron chi connectivity index (χ1n) is 11.6. The Hall–Kier alpha value is -3.37. The van der Waals surface area contributed by atoms with Crippen molar-refractivity contribution in [2.75, 3.05) is 30.5 Å². The van der Waals surface area contributed by atoms with Gasteiger partial charge in [-0.05, 0) is 46.0 Å². The summed E-state index contributed by atoms with van der Waals surface area (Å²) in [6, 6.07) is 7.95. The Morgan fingerprint density at radius 1 is 1.26 bits per heavy atom. The Balaban J connectivity index is 1.51. The maximum Gasteiger partial charge on any atom is 0.260 e. The number of nitrogens with zero attached hydrogens (tertiary/aromatic N) is 7. The van der Waals surface area contributed by atoms with Gasteiger partial charge < -0.3 is 19.5 Å². The highest BCUT2D eigenvalue weighted by atomic mass is 16.5. The van der Waals surface area contributed by atoms with Crippen LogP contribution in [-0.2, 0) is 24.4 Å². The van der Waals surface area contributed by atoms with Crippen LogP contribution < -0.4 is 15.1 Å². The molecule has 0 aliphatic carbocycles. The lowest BCUT2D eigenvalue weighted by Crippen LogP contribution is -2.27. The molecule has 0 fully saturated rings. The summed E-state index contributed by atoms with van der Waals surface area (Å²) in [4.78, 5) is 27.0. The molecule has 0 bridgehead atoms. The number of fused-ring (bicyclic) bond motifs is 2. The summed E-state index contributed by atoms with van der Waals surface area (Å²) >= 11 is 0. The Morgan fingerprint density at radius 2 is 2.09 bits per heavy atom. The monoisotopic (exact) mass is 462 g/mol. The van der Waals surface area contributed by atoms with E-state index in [1.165, 1.54) is 0 Å². The maximum absolute atomic E-state index is 13.6. The average molecular weight is 463 g/mol. The fraction of sp³-hybridized carbons (Fsp3) is 0.458. The zero-order valence-corrected chi connectivity index (χ0v) is 20.2. The highest BCUT2D eigenvalue weighted by molar-refractivity contribution is 6.10. The Labute approximate surface area is 199 Å².